The molecule has 10 heteroatoms. The van der Waals surface area contributed by atoms with E-state index in [4.69, 9.17) is 11.6 Å². The van der Waals surface area contributed by atoms with Gasteiger partial charge in [0, 0.05) is 28.5 Å². The van der Waals surface area contributed by atoms with Crippen molar-refractivity contribution in [2.24, 2.45) is 0 Å². The van der Waals surface area contributed by atoms with Crippen LogP contribution in [0.25, 0.3) is 0 Å². The summed E-state index contributed by atoms with van der Waals surface area (Å²) in [6, 6.07) is 12.9. The Morgan fingerprint density at radius 1 is 1.19 bits per heavy atom. The fourth-order valence-electron chi connectivity index (χ4n) is 3.47. The monoisotopic (exact) mass is 512 g/mol. The number of alkyl halides is 3. The normalized spacial score (nSPS) is 18.2. The number of rotatable bonds is 4. The van der Waals surface area contributed by atoms with Crippen molar-refractivity contribution in [1.82, 2.24) is 15.1 Å². The van der Waals surface area contributed by atoms with Crippen molar-refractivity contribution in [3.8, 4) is 0 Å². The van der Waals surface area contributed by atoms with Gasteiger partial charge in [-0.2, -0.15) is 18.3 Å². The Bertz CT molecular complexity index is 1080. The van der Waals surface area contributed by atoms with Gasteiger partial charge in [0.2, 0.25) is 0 Å². The summed E-state index contributed by atoms with van der Waals surface area (Å²) in [7, 11) is 0. The van der Waals surface area contributed by atoms with Crippen molar-refractivity contribution < 1.29 is 18.0 Å². The highest BCUT2D eigenvalue weighted by Crippen LogP contribution is 2.43. The van der Waals surface area contributed by atoms with E-state index in [-0.39, 0.29) is 24.5 Å². The lowest BCUT2D eigenvalue weighted by atomic mass is 9.97. The third-order valence-corrected chi connectivity index (χ3v) is 5.84. The van der Waals surface area contributed by atoms with E-state index < -0.39 is 24.2 Å². The zero-order chi connectivity index (χ0) is 22.2. The molecule has 0 saturated carbocycles. The summed E-state index contributed by atoms with van der Waals surface area (Å²) in [6.45, 7) is 0.204. The first-order valence-corrected chi connectivity index (χ1v) is 10.6. The number of anilines is 1. The van der Waals surface area contributed by atoms with Crippen LogP contribution in [0.5, 0.6) is 0 Å². The van der Waals surface area contributed by atoms with Gasteiger partial charge in [-0.1, -0.05) is 51.8 Å². The molecule has 0 saturated heterocycles. The molecule has 2 aromatic carbocycles. The molecule has 1 amide bonds. The fraction of sp³-hybridized carbons (Fsp3) is 0.238. The third kappa shape index (κ3) is 4.88. The number of benzene rings is 2. The smallest absolute Gasteiger partial charge is 0.363 e. The number of carbonyl (C=O) groups excluding carboxylic acids is 1. The van der Waals surface area contributed by atoms with Crippen molar-refractivity contribution in [2.75, 3.05) is 5.32 Å². The number of aromatic nitrogens is 2. The molecule has 31 heavy (non-hydrogen) atoms. The lowest BCUT2D eigenvalue weighted by Gasteiger charge is -2.33. The Morgan fingerprint density at radius 2 is 1.87 bits per heavy atom. The molecule has 2 N–H and O–H groups in total. The van der Waals surface area contributed by atoms with Crippen molar-refractivity contribution in [3.05, 3.63) is 80.9 Å². The summed E-state index contributed by atoms with van der Waals surface area (Å²) in [5.41, 5.74) is 1.45. The summed E-state index contributed by atoms with van der Waals surface area (Å²) in [6.07, 6.45) is -4.74. The van der Waals surface area contributed by atoms with E-state index in [1.165, 1.54) is 6.07 Å². The van der Waals surface area contributed by atoms with Crippen LogP contribution in [0.1, 0.15) is 40.1 Å². The van der Waals surface area contributed by atoms with Gasteiger partial charge in [-0.05, 0) is 35.4 Å². The molecular weight excluding hydrogens is 497 g/mol. The number of carbonyl (C=O) groups is 1. The summed E-state index contributed by atoms with van der Waals surface area (Å²) in [4.78, 5) is 12.5. The van der Waals surface area contributed by atoms with Gasteiger partial charge in [0.15, 0.2) is 11.7 Å². The van der Waals surface area contributed by atoms with Gasteiger partial charge in [-0.15, -0.1) is 0 Å². The van der Waals surface area contributed by atoms with Crippen molar-refractivity contribution in [3.63, 3.8) is 0 Å². The van der Waals surface area contributed by atoms with Gasteiger partial charge in [-0.25, -0.2) is 4.68 Å². The first-order valence-electron chi connectivity index (χ1n) is 9.41. The first-order chi connectivity index (χ1) is 14.7. The van der Waals surface area contributed by atoms with Crippen molar-refractivity contribution >= 4 is 39.3 Å². The van der Waals surface area contributed by atoms with Gasteiger partial charge in [0.25, 0.3) is 5.91 Å². The predicted molar refractivity (Wildman–Crippen MR) is 115 cm³/mol. The minimum atomic E-state index is -4.51. The standard InChI is InChI=1S/C21H17BrClF3N4O/c22-14-5-3-13(4-6-14)16-9-18(21(24,25)26)30-19(28-16)10-17(29-30)20(31)27-11-12-1-7-15(23)8-2-12/h1-8,10,16,18,28H,9,11H2,(H,27,31). The molecule has 1 aromatic heterocycles. The quantitative estimate of drug-likeness (QED) is 0.457. The van der Waals surface area contributed by atoms with E-state index in [9.17, 15) is 18.0 Å². The van der Waals surface area contributed by atoms with Gasteiger partial charge in [0.1, 0.15) is 5.82 Å². The van der Waals surface area contributed by atoms with E-state index in [0.29, 0.717) is 5.02 Å². The molecule has 0 radical (unpaired) electrons. The lowest BCUT2D eigenvalue weighted by molar-refractivity contribution is -0.173. The maximum Gasteiger partial charge on any atom is 0.410 e. The highest BCUT2D eigenvalue weighted by molar-refractivity contribution is 9.10. The minimum absolute atomic E-state index is 0.0813. The second-order valence-corrected chi connectivity index (χ2v) is 8.56. The summed E-state index contributed by atoms with van der Waals surface area (Å²) in [5.74, 6) is -0.405. The lowest BCUT2D eigenvalue weighted by Crippen LogP contribution is -2.35. The number of halogens is 5. The van der Waals surface area contributed by atoms with Gasteiger partial charge < -0.3 is 10.6 Å². The SMILES string of the molecule is O=C(NCc1ccc(Cl)cc1)c1cc2n(n1)C(C(F)(F)F)CC(c1ccc(Br)cc1)N2. The first kappa shape index (κ1) is 21.7. The average Bonchev–Trinajstić information content (AvgIpc) is 3.16. The summed E-state index contributed by atoms with van der Waals surface area (Å²) < 4.78 is 43.0. The average molecular weight is 514 g/mol. The Labute approximate surface area is 189 Å². The fourth-order valence-corrected chi connectivity index (χ4v) is 3.86. The second-order valence-electron chi connectivity index (χ2n) is 7.21. The number of amides is 1. The van der Waals surface area contributed by atoms with E-state index in [1.54, 1.807) is 48.5 Å². The minimum Gasteiger partial charge on any atom is -0.363 e. The molecule has 4 rings (SSSR count). The maximum absolute atomic E-state index is 13.8. The molecule has 2 atom stereocenters. The summed E-state index contributed by atoms with van der Waals surface area (Å²) >= 11 is 9.17. The van der Waals surface area contributed by atoms with Gasteiger partial charge in [-0.3, -0.25) is 4.79 Å². The third-order valence-electron chi connectivity index (χ3n) is 5.06. The van der Waals surface area contributed by atoms with Crippen LogP contribution < -0.4 is 10.6 Å². The number of nitrogens with zero attached hydrogens (tertiary/aromatic N) is 2. The van der Waals surface area contributed by atoms with E-state index in [1.807, 2.05) is 0 Å². The Hall–Kier alpha value is -2.52. The zero-order valence-corrected chi connectivity index (χ0v) is 18.3. The molecule has 0 aliphatic carbocycles. The molecule has 0 fully saturated rings. The van der Waals surface area contributed by atoms with Gasteiger partial charge in [0.05, 0.1) is 6.04 Å². The second kappa shape index (κ2) is 8.55. The number of fused-ring (bicyclic) bond motifs is 1. The van der Waals surface area contributed by atoms with Crippen LogP contribution in [0.15, 0.2) is 59.1 Å². The van der Waals surface area contributed by atoms with Crippen molar-refractivity contribution in [2.45, 2.75) is 31.2 Å². The van der Waals surface area contributed by atoms with Crippen LogP contribution in [0, 0.1) is 0 Å². The summed E-state index contributed by atoms with van der Waals surface area (Å²) in [5, 5.41) is 10.3. The van der Waals surface area contributed by atoms with Crippen LogP contribution in [0.3, 0.4) is 0 Å². The Morgan fingerprint density at radius 3 is 2.52 bits per heavy atom. The number of hydrogen-bond acceptors (Lipinski definition) is 3. The highest BCUT2D eigenvalue weighted by atomic mass is 79.9. The molecule has 1 aliphatic heterocycles. The van der Waals surface area contributed by atoms with Crippen LogP contribution in [-0.2, 0) is 6.54 Å². The number of hydrogen-bond donors (Lipinski definition) is 2. The molecule has 0 spiro atoms. The molecule has 5 nitrogen and oxygen atoms in total. The number of nitrogens with one attached hydrogen (secondary N) is 2. The van der Waals surface area contributed by atoms with Crippen LogP contribution in [-0.4, -0.2) is 21.9 Å². The van der Waals surface area contributed by atoms with Crippen LogP contribution in [0.2, 0.25) is 5.02 Å². The van der Waals surface area contributed by atoms with E-state index in [2.05, 4.69) is 31.7 Å². The molecule has 3 aromatic rings. The molecule has 2 heterocycles. The Balaban J connectivity index is 1.56. The van der Waals surface area contributed by atoms with E-state index >= 15 is 0 Å². The molecular formula is C21H17BrClF3N4O. The van der Waals surface area contributed by atoms with Crippen LogP contribution in [0.4, 0.5) is 19.0 Å². The van der Waals surface area contributed by atoms with Gasteiger partial charge >= 0.3 is 6.18 Å². The van der Waals surface area contributed by atoms with Crippen molar-refractivity contribution in [1.29, 1.82) is 0 Å². The molecule has 162 valence electrons. The maximum atomic E-state index is 13.8. The molecule has 2 unspecified atom stereocenters. The zero-order valence-electron chi connectivity index (χ0n) is 16.0. The topological polar surface area (TPSA) is 59.0 Å². The molecule has 1 aliphatic rings. The van der Waals surface area contributed by atoms with Crippen LogP contribution >= 0.6 is 27.5 Å². The predicted octanol–water partition coefficient (Wildman–Crippen LogP) is 5.89. The Kier molecular flexibility index (Phi) is 5.98. The highest BCUT2D eigenvalue weighted by Gasteiger charge is 2.46. The largest absolute Gasteiger partial charge is 0.410 e. The van der Waals surface area contributed by atoms with E-state index in [0.717, 1.165) is 20.3 Å². The molecule has 0 bridgehead atoms.